The van der Waals surface area contributed by atoms with Crippen LogP contribution < -0.4 is 20.7 Å². The Morgan fingerprint density at radius 1 is 1.23 bits per heavy atom. The van der Waals surface area contributed by atoms with Crippen molar-refractivity contribution < 1.29 is 18.3 Å². The Kier molecular flexibility index (Phi) is 11.9. The summed E-state index contributed by atoms with van der Waals surface area (Å²) in [6, 6.07) is 7.87. The third-order valence-electron chi connectivity index (χ3n) is 4.27. The fourth-order valence-corrected chi connectivity index (χ4v) is 2.62. The van der Waals surface area contributed by atoms with E-state index in [-0.39, 0.29) is 41.8 Å². The molecule has 0 saturated carbocycles. The Morgan fingerprint density at radius 3 is 2.63 bits per heavy atom. The van der Waals surface area contributed by atoms with Gasteiger partial charge in [-0.25, -0.2) is 4.39 Å². The summed E-state index contributed by atoms with van der Waals surface area (Å²) in [6.07, 6.45) is 2.87. The van der Waals surface area contributed by atoms with Crippen LogP contribution in [0.25, 0.3) is 0 Å². The Hall–Kier alpha value is -2.30. The largest absolute Gasteiger partial charge is 0.489 e. The fourth-order valence-electron chi connectivity index (χ4n) is 2.62. The first-order chi connectivity index (χ1) is 14.0. The number of hydrogen-bond donors (Lipinski definition) is 3. The quantitative estimate of drug-likeness (QED) is 0.189. The van der Waals surface area contributed by atoms with Gasteiger partial charge in [-0.1, -0.05) is 13.0 Å². The molecule has 0 saturated heterocycles. The van der Waals surface area contributed by atoms with Crippen molar-refractivity contribution in [3.63, 3.8) is 0 Å². The summed E-state index contributed by atoms with van der Waals surface area (Å²) in [5.41, 5.74) is 0.816. The summed E-state index contributed by atoms with van der Waals surface area (Å²) in [4.78, 5) is 16.1. The van der Waals surface area contributed by atoms with Crippen LogP contribution in [0.1, 0.15) is 35.9 Å². The van der Waals surface area contributed by atoms with Crippen LogP contribution in [0, 0.1) is 12.7 Å². The minimum Gasteiger partial charge on any atom is -0.489 e. The van der Waals surface area contributed by atoms with E-state index in [0.29, 0.717) is 37.1 Å². The number of hydrogen-bond acceptors (Lipinski definition) is 4. The van der Waals surface area contributed by atoms with Crippen LogP contribution in [0.2, 0.25) is 0 Å². The maximum absolute atomic E-state index is 13.3. The summed E-state index contributed by atoms with van der Waals surface area (Å²) >= 11 is 0. The maximum atomic E-state index is 13.3. The molecular formula is C21H30FIN4O3. The number of guanidine groups is 1. The van der Waals surface area contributed by atoms with E-state index in [1.54, 1.807) is 25.2 Å². The second-order valence-corrected chi connectivity index (χ2v) is 6.53. The number of amides is 1. The molecular weight excluding hydrogens is 502 g/mol. The zero-order valence-corrected chi connectivity index (χ0v) is 19.9. The van der Waals surface area contributed by atoms with Gasteiger partial charge >= 0.3 is 0 Å². The number of ether oxygens (including phenoxy) is 1. The molecule has 1 aromatic carbocycles. The highest BCUT2D eigenvalue weighted by Gasteiger charge is 2.12. The van der Waals surface area contributed by atoms with Crippen molar-refractivity contribution in [1.29, 1.82) is 0 Å². The van der Waals surface area contributed by atoms with Crippen molar-refractivity contribution in [3.05, 3.63) is 53.7 Å². The van der Waals surface area contributed by atoms with Gasteiger partial charge in [0.1, 0.15) is 17.7 Å². The average molecular weight is 532 g/mol. The fraction of sp³-hybridized carbons (Fsp3) is 0.429. The van der Waals surface area contributed by atoms with Gasteiger partial charge in [0.2, 0.25) is 0 Å². The molecule has 0 radical (unpaired) electrons. The molecule has 0 aliphatic carbocycles. The Morgan fingerprint density at radius 2 is 2.00 bits per heavy atom. The minimum absolute atomic E-state index is 0. The van der Waals surface area contributed by atoms with Gasteiger partial charge in [0, 0.05) is 31.8 Å². The topological polar surface area (TPSA) is 87.9 Å². The lowest BCUT2D eigenvalue weighted by atomic mass is 10.2. The number of nitrogens with zero attached hydrogens (tertiary/aromatic N) is 1. The lowest BCUT2D eigenvalue weighted by molar-refractivity contribution is 0.0925. The zero-order valence-electron chi connectivity index (χ0n) is 17.5. The number of halogens is 2. The monoisotopic (exact) mass is 532 g/mol. The summed E-state index contributed by atoms with van der Waals surface area (Å²) < 4.78 is 24.3. The van der Waals surface area contributed by atoms with Crippen molar-refractivity contribution in [2.24, 2.45) is 4.99 Å². The first-order valence-corrected chi connectivity index (χ1v) is 9.72. The van der Waals surface area contributed by atoms with Crippen molar-refractivity contribution in [1.82, 2.24) is 16.0 Å². The standard InChI is InChI=1S/C21H29FN4O3.HI/c1-4-17(29-18-8-5-7-16(22)13-18)14-26-21(23-3)25-11-6-10-24-20(27)19-15(2)9-12-28-19;/h5,7-9,12-13,17H,4,6,10-11,14H2,1-3H3,(H,24,27)(H2,23,25,26);1H. The predicted molar refractivity (Wildman–Crippen MR) is 126 cm³/mol. The molecule has 0 fully saturated rings. The van der Waals surface area contributed by atoms with Crippen LogP contribution in [0.4, 0.5) is 4.39 Å². The van der Waals surface area contributed by atoms with Crippen molar-refractivity contribution >= 4 is 35.8 Å². The zero-order chi connectivity index (χ0) is 21.1. The van der Waals surface area contributed by atoms with E-state index in [1.807, 2.05) is 13.8 Å². The van der Waals surface area contributed by atoms with Crippen LogP contribution >= 0.6 is 24.0 Å². The maximum Gasteiger partial charge on any atom is 0.287 e. The molecule has 2 rings (SSSR count). The smallest absolute Gasteiger partial charge is 0.287 e. The van der Waals surface area contributed by atoms with Crippen molar-refractivity contribution in [3.8, 4) is 5.75 Å². The number of carbonyl (C=O) groups excluding carboxylic acids is 1. The van der Waals surface area contributed by atoms with E-state index in [2.05, 4.69) is 20.9 Å². The first kappa shape index (κ1) is 25.7. The van der Waals surface area contributed by atoms with Gasteiger partial charge in [-0.2, -0.15) is 0 Å². The molecule has 1 aromatic heterocycles. The Balaban J connectivity index is 0.00000450. The van der Waals surface area contributed by atoms with Crippen molar-refractivity contribution in [2.45, 2.75) is 32.8 Å². The molecule has 30 heavy (non-hydrogen) atoms. The second-order valence-electron chi connectivity index (χ2n) is 6.53. The number of nitrogens with one attached hydrogen (secondary N) is 3. The highest BCUT2D eigenvalue weighted by molar-refractivity contribution is 14.0. The summed E-state index contributed by atoms with van der Waals surface area (Å²) in [6.45, 7) is 5.52. The molecule has 166 valence electrons. The molecule has 0 spiro atoms. The molecule has 9 heteroatoms. The van der Waals surface area contributed by atoms with Gasteiger partial charge in [0.25, 0.3) is 5.91 Å². The summed E-state index contributed by atoms with van der Waals surface area (Å²) in [7, 11) is 1.69. The highest BCUT2D eigenvalue weighted by atomic mass is 127. The number of carbonyl (C=O) groups is 1. The van der Waals surface area contributed by atoms with E-state index in [9.17, 15) is 9.18 Å². The minimum atomic E-state index is -0.322. The van der Waals surface area contributed by atoms with Gasteiger partial charge in [-0.3, -0.25) is 9.79 Å². The molecule has 0 aliphatic heterocycles. The Labute approximate surface area is 193 Å². The molecule has 7 nitrogen and oxygen atoms in total. The van der Waals surface area contributed by atoms with Gasteiger partial charge in [0.15, 0.2) is 11.7 Å². The van der Waals surface area contributed by atoms with Crippen molar-refractivity contribution in [2.75, 3.05) is 26.7 Å². The first-order valence-electron chi connectivity index (χ1n) is 9.72. The molecule has 2 aromatic rings. The molecule has 0 aliphatic rings. The molecule has 1 unspecified atom stereocenters. The van der Waals surface area contributed by atoms with Crippen LogP contribution in [0.15, 0.2) is 46.0 Å². The van der Waals surface area contributed by atoms with Crippen LogP contribution in [0.5, 0.6) is 5.75 Å². The predicted octanol–water partition coefficient (Wildman–Crippen LogP) is 3.49. The molecule has 1 atom stereocenters. The average Bonchev–Trinajstić information content (AvgIpc) is 3.14. The Bertz CT molecular complexity index is 813. The van der Waals surface area contributed by atoms with Gasteiger partial charge in [-0.15, -0.1) is 24.0 Å². The van der Waals surface area contributed by atoms with Gasteiger partial charge in [0.05, 0.1) is 12.8 Å². The lowest BCUT2D eigenvalue weighted by Crippen LogP contribution is -2.43. The van der Waals surface area contributed by atoms with Crippen LogP contribution in [-0.4, -0.2) is 44.7 Å². The number of aliphatic imine (C=N–C) groups is 1. The van der Waals surface area contributed by atoms with E-state index < -0.39 is 0 Å². The van der Waals surface area contributed by atoms with E-state index >= 15 is 0 Å². The molecule has 1 amide bonds. The third-order valence-corrected chi connectivity index (χ3v) is 4.27. The molecule has 1 heterocycles. The SMILES string of the molecule is CCC(CNC(=NC)NCCCNC(=O)c1occc1C)Oc1cccc(F)c1.I. The normalized spacial score (nSPS) is 11.9. The van der Waals surface area contributed by atoms with Gasteiger partial charge in [-0.05, 0) is 38.0 Å². The van der Waals surface area contributed by atoms with Gasteiger partial charge < -0.3 is 25.1 Å². The number of aryl methyl sites for hydroxylation is 1. The van der Waals surface area contributed by atoms with Crippen LogP contribution in [0.3, 0.4) is 0 Å². The van der Waals surface area contributed by atoms with E-state index in [4.69, 9.17) is 9.15 Å². The number of rotatable bonds is 10. The second kappa shape index (κ2) is 13.8. The third kappa shape index (κ3) is 8.60. The van der Waals surface area contributed by atoms with E-state index in [1.165, 1.54) is 18.4 Å². The number of furan rings is 1. The number of benzene rings is 1. The van der Waals surface area contributed by atoms with Crippen LogP contribution in [-0.2, 0) is 0 Å². The molecule has 0 bridgehead atoms. The summed E-state index contributed by atoms with van der Waals surface area (Å²) in [5.74, 6) is 0.954. The molecule has 3 N–H and O–H groups in total. The summed E-state index contributed by atoms with van der Waals surface area (Å²) in [5, 5.41) is 9.22. The lowest BCUT2D eigenvalue weighted by Gasteiger charge is -2.20. The highest BCUT2D eigenvalue weighted by Crippen LogP contribution is 2.14. The van der Waals surface area contributed by atoms with E-state index in [0.717, 1.165) is 18.4 Å².